The lowest BCUT2D eigenvalue weighted by molar-refractivity contribution is 0.189. The minimum absolute atomic E-state index is 0.497. The van der Waals surface area contributed by atoms with Crippen LogP contribution in [0.25, 0.3) is 5.57 Å². The average molecular weight is 336 g/mol. The standard InChI is InChI=1S/C21H27F3/c1-2-3-14-4-6-15(7-5-14)16-8-10-17(11-9-16)18-12-19(22)21(24)20(23)13-18/h10,12-16H,2-9,11H2,1H3. The second-order valence-corrected chi connectivity index (χ2v) is 7.59. The van der Waals surface area contributed by atoms with Crippen molar-refractivity contribution in [2.24, 2.45) is 17.8 Å². The van der Waals surface area contributed by atoms with Gasteiger partial charge in [-0.25, -0.2) is 13.2 Å². The van der Waals surface area contributed by atoms with E-state index in [1.807, 2.05) is 0 Å². The Morgan fingerprint density at radius 3 is 2.12 bits per heavy atom. The molecule has 0 heterocycles. The van der Waals surface area contributed by atoms with E-state index in [0.29, 0.717) is 11.5 Å². The second-order valence-electron chi connectivity index (χ2n) is 7.59. The maximum Gasteiger partial charge on any atom is 0.194 e. The fraction of sp³-hybridized carbons (Fsp3) is 0.619. The van der Waals surface area contributed by atoms with Crippen molar-refractivity contribution in [3.05, 3.63) is 41.2 Å². The topological polar surface area (TPSA) is 0 Å². The summed E-state index contributed by atoms with van der Waals surface area (Å²) in [6.07, 6.45) is 13.1. The van der Waals surface area contributed by atoms with Gasteiger partial charge in [0.05, 0.1) is 0 Å². The van der Waals surface area contributed by atoms with Crippen LogP contribution in [-0.4, -0.2) is 0 Å². The molecule has 0 spiro atoms. The Bertz CT molecular complexity index is 574. The molecule has 0 amide bonds. The van der Waals surface area contributed by atoms with Crippen molar-refractivity contribution in [2.75, 3.05) is 0 Å². The average Bonchev–Trinajstić information content (AvgIpc) is 2.60. The van der Waals surface area contributed by atoms with Gasteiger partial charge in [0.15, 0.2) is 17.5 Å². The molecule has 2 aliphatic rings. The molecule has 0 N–H and O–H groups in total. The van der Waals surface area contributed by atoms with Crippen LogP contribution in [0.15, 0.2) is 18.2 Å². The number of hydrogen-bond acceptors (Lipinski definition) is 0. The summed E-state index contributed by atoms with van der Waals surface area (Å²) in [6.45, 7) is 2.26. The van der Waals surface area contributed by atoms with Gasteiger partial charge in [-0.3, -0.25) is 0 Å². The summed E-state index contributed by atoms with van der Waals surface area (Å²) in [6, 6.07) is 2.25. The van der Waals surface area contributed by atoms with Gasteiger partial charge in [0.25, 0.3) is 0 Å². The first kappa shape index (κ1) is 17.6. The first-order chi connectivity index (χ1) is 11.6. The van der Waals surface area contributed by atoms with Gasteiger partial charge in [-0.15, -0.1) is 0 Å². The second kappa shape index (κ2) is 7.76. The van der Waals surface area contributed by atoms with E-state index in [4.69, 9.17) is 0 Å². The zero-order valence-corrected chi connectivity index (χ0v) is 14.5. The summed E-state index contributed by atoms with van der Waals surface area (Å²) >= 11 is 0. The van der Waals surface area contributed by atoms with Crippen LogP contribution in [0.5, 0.6) is 0 Å². The van der Waals surface area contributed by atoms with Gasteiger partial charge in [0, 0.05) is 0 Å². The fourth-order valence-electron chi connectivity index (χ4n) is 4.64. The Morgan fingerprint density at radius 1 is 0.917 bits per heavy atom. The van der Waals surface area contributed by atoms with Crippen LogP contribution >= 0.6 is 0 Å². The maximum absolute atomic E-state index is 13.4. The molecule has 0 bridgehead atoms. The van der Waals surface area contributed by atoms with Gasteiger partial charge in [0.2, 0.25) is 0 Å². The lowest BCUT2D eigenvalue weighted by Crippen LogP contribution is -2.23. The van der Waals surface area contributed by atoms with E-state index >= 15 is 0 Å². The number of benzene rings is 1. The quantitative estimate of drug-likeness (QED) is 0.525. The molecule has 1 fully saturated rings. The van der Waals surface area contributed by atoms with Crippen LogP contribution < -0.4 is 0 Å². The van der Waals surface area contributed by atoms with Crippen molar-refractivity contribution in [1.82, 2.24) is 0 Å². The van der Waals surface area contributed by atoms with E-state index in [1.54, 1.807) is 0 Å². The predicted octanol–water partition coefficient (Wildman–Crippen LogP) is 6.89. The Labute approximate surface area is 143 Å². The third-order valence-electron chi connectivity index (χ3n) is 6.06. The Hall–Kier alpha value is -1.25. The number of allylic oxidation sites excluding steroid dienone is 2. The van der Waals surface area contributed by atoms with E-state index in [1.165, 1.54) is 38.5 Å². The highest BCUT2D eigenvalue weighted by Gasteiger charge is 2.28. The highest BCUT2D eigenvalue weighted by atomic mass is 19.2. The molecule has 3 rings (SSSR count). The fourth-order valence-corrected chi connectivity index (χ4v) is 4.64. The minimum Gasteiger partial charge on any atom is -0.204 e. The van der Waals surface area contributed by atoms with Crippen LogP contribution in [0.1, 0.15) is 70.3 Å². The summed E-state index contributed by atoms with van der Waals surface area (Å²) in [5.74, 6) is -1.14. The first-order valence-electron chi connectivity index (χ1n) is 9.42. The Morgan fingerprint density at radius 2 is 1.58 bits per heavy atom. The van der Waals surface area contributed by atoms with Crippen LogP contribution in [0, 0.1) is 35.2 Å². The van der Waals surface area contributed by atoms with Gasteiger partial charge >= 0.3 is 0 Å². The minimum atomic E-state index is -1.38. The summed E-state index contributed by atoms with van der Waals surface area (Å²) in [5.41, 5.74) is 1.46. The zero-order valence-electron chi connectivity index (χ0n) is 14.5. The molecule has 3 heteroatoms. The summed E-state index contributed by atoms with van der Waals surface area (Å²) in [4.78, 5) is 0. The zero-order chi connectivity index (χ0) is 17.1. The molecule has 1 unspecified atom stereocenters. The molecule has 2 aliphatic carbocycles. The van der Waals surface area contributed by atoms with Crippen molar-refractivity contribution >= 4 is 5.57 Å². The molecular weight excluding hydrogens is 309 g/mol. The molecule has 1 atom stereocenters. The van der Waals surface area contributed by atoms with Crippen molar-refractivity contribution in [3.63, 3.8) is 0 Å². The smallest absolute Gasteiger partial charge is 0.194 e. The van der Waals surface area contributed by atoms with Crippen molar-refractivity contribution in [2.45, 2.75) is 64.7 Å². The molecule has 0 radical (unpaired) electrons. The van der Waals surface area contributed by atoms with Crippen molar-refractivity contribution in [1.29, 1.82) is 0 Å². The van der Waals surface area contributed by atoms with Gasteiger partial charge in [-0.2, -0.15) is 0 Å². The molecule has 0 aliphatic heterocycles. The van der Waals surface area contributed by atoms with Crippen LogP contribution in [0.2, 0.25) is 0 Å². The molecular formula is C21H27F3. The molecule has 1 aromatic carbocycles. The Balaban J connectivity index is 1.61. The number of rotatable bonds is 4. The SMILES string of the molecule is CCCC1CCC(C2CC=C(c3cc(F)c(F)c(F)c3)CC2)CC1. The van der Waals surface area contributed by atoms with Gasteiger partial charge in [0.1, 0.15) is 0 Å². The third-order valence-corrected chi connectivity index (χ3v) is 6.06. The third kappa shape index (κ3) is 3.87. The molecule has 0 nitrogen and oxygen atoms in total. The van der Waals surface area contributed by atoms with Gasteiger partial charge in [-0.1, -0.05) is 38.7 Å². The molecule has 0 saturated heterocycles. The van der Waals surface area contributed by atoms with Crippen molar-refractivity contribution in [3.8, 4) is 0 Å². The highest BCUT2D eigenvalue weighted by Crippen LogP contribution is 2.42. The summed E-state index contributed by atoms with van der Waals surface area (Å²) < 4.78 is 39.9. The van der Waals surface area contributed by atoms with Crippen molar-refractivity contribution < 1.29 is 13.2 Å². The molecule has 0 aromatic heterocycles. The summed E-state index contributed by atoms with van der Waals surface area (Å²) in [7, 11) is 0. The highest BCUT2D eigenvalue weighted by molar-refractivity contribution is 5.66. The molecule has 1 aromatic rings. The number of hydrogen-bond donors (Lipinski definition) is 0. The Kier molecular flexibility index (Phi) is 5.68. The largest absolute Gasteiger partial charge is 0.204 e. The normalized spacial score (nSPS) is 27.8. The maximum atomic E-state index is 13.4. The summed E-state index contributed by atoms with van der Waals surface area (Å²) in [5, 5.41) is 0. The number of halogens is 3. The molecule has 24 heavy (non-hydrogen) atoms. The predicted molar refractivity (Wildman–Crippen MR) is 92.0 cm³/mol. The van der Waals surface area contributed by atoms with E-state index in [0.717, 1.165) is 48.8 Å². The van der Waals surface area contributed by atoms with E-state index < -0.39 is 17.5 Å². The van der Waals surface area contributed by atoms with E-state index in [9.17, 15) is 13.2 Å². The van der Waals surface area contributed by atoms with Crippen LogP contribution in [-0.2, 0) is 0 Å². The van der Waals surface area contributed by atoms with Gasteiger partial charge in [-0.05, 0) is 73.1 Å². The van der Waals surface area contributed by atoms with Crippen LogP contribution in [0.3, 0.4) is 0 Å². The van der Waals surface area contributed by atoms with E-state index in [-0.39, 0.29) is 0 Å². The first-order valence-corrected chi connectivity index (χ1v) is 9.42. The lowest BCUT2D eigenvalue weighted by Gasteiger charge is -2.35. The lowest BCUT2D eigenvalue weighted by atomic mass is 9.70. The van der Waals surface area contributed by atoms with E-state index in [2.05, 4.69) is 13.0 Å². The monoisotopic (exact) mass is 336 g/mol. The molecule has 1 saturated carbocycles. The molecule has 132 valence electrons. The van der Waals surface area contributed by atoms with Crippen LogP contribution in [0.4, 0.5) is 13.2 Å². The van der Waals surface area contributed by atoms with Gasteiger partial charge < -0.3 is 0 Å².